The van der Waals surface area contributed by atoms with E-state index in [9.17, 15) is 14.0 Å². The summed E-state index contributed by atoms with van der Waals surface area (Å²) >= 11 is 0. The SMILES string of the molecule is NCC1CN(c2ccc(N3CCOC3=O)c(F)c2)C(=O)O1. The van der Waals surface area contributed by atoms with Crippen LogP contribution in [0, 0.1) is 5.82 Å². The molecule has 8 heteroatoms. The maximum Gasteiger partial charge on any atom is 0.414 e. The molecule has 0 bridgehead atoms. The topological polar surface area (TPSA) is 85.1 Å². The van der Waals surface area contributed by atoms with Crippen LogP contribution in [0.2, 0.25) is 0 Å². The molecule has 1 aromatic carbocycles. The second-order valence-electron chi connectivity index (χ2n) is 4.75. The van der Waals surface area contributed by atoms with Crippen LogP contribution in [0.25, 0.3) is 0 Å². The summed E-state index contributed by atoms with van der Waals surface area (Å²) in [5.74, 6) is -0.602. The molecule has 2 heterocycles. The van der Waals surface area contributed by atoms with Gasteiger partial charge in [0.15, 0.2) is 0 Å². The highest BCUT2D eigenvalue weighted by molar-refractivity contribution is 5.92. The van der Waals surface area contributed by atoms with E-state index >= 15 is 0 Å². The highest BCUT2D eigenvalue weighted by atomic mass is 19.1. The fraction of sp³-hybridized carbons (Fsp3) is 0.385. The molecule has 3 rings (SSSR count). The minimum Gasteiger partial charge on any atom is -0.447 e. The number of anilines is 2. The van der Waals surface area contributed by atoms with Gasteiger partial charge in [0.25, 0.3) is 0 Å². The Kier molecular flexibility index (Phi) is 3.38. The summed E-state index contributed by atoms with van der Waals surface area (Å²) in [7, 11) is 0. The number of hydrogen-bond acceptors (Lipinski definition) is 5. The van der Waals surface area contributed by atoms with Crippen molar-refractivity contribution in [1.29, 1.82) is 0 Å². The normalized spacial score (nSPS) is 21.7. The van der Waals surface area contributed by atoms with E-state index in [-0.39, 0.29) is 25.4 Å². The number of carbonyl (C=O) groups is 2. The maximum absolute atomic E-state index is 14.2. The number of amides is 2. The first kappa shape index (κ1) is 13.6. The maximum atomic E-state index is 14.2. The molecule has 2 amide bonds. The molecule has 1 atom stereocenters. The Labute approximate surface area is 120 Å². The molecule has 0 aromatic heterocycles. The number of hydrogen-bond donors (Lipinski definition) is 1. The summed E-state index contributed by atoms with van der Waals surface area (Å²) in [6, 6.07) is 4.20. The number of ether oxygens (including phenoxy) is 2. The zero-order chi connectivity index (χ0) is 15.0. The fourth-order valence-corrected chi connectivity index (χ4v) is 2.35. The van der Waals surface area contributed by atoms with Crippen LogP contribution >= 0.6 is 0 Å². The van der Waals surface area contributed by atoms with Gasteiger partial charge in [0.05, 0.1) is 24.5 Å². The van der Waals surface area contributed by atoms with E-state index in [1.807, 2.05) is 0 Å². The van der Waals surface area contributed by atoms with Crippen molar-refractivity contribution in [2.45, 2.75) is 6.10 Å². The van der Waals surface area contributed by atoms with E-state index in [0.717, 1.165) is 0 Å². The lowest BCUT2D eigenvalue weighted by Crippen LogP contribution is -2.28. The van der Waals surface area contributed by atoms with Crippen LogP contribution in [0.3, 0.4) is 0 Å². The van der Waals surface area contributed by atoms with Crippen LogP contribution in [-0.2, 0) is 9.47 Å². The summed E-state index contributed by atoms with van der Waals surface area (Å²) in [4.78, 5) is 25.7. The molecular formula is C13H14FN3O4. The van der Waals surface area contributed by atoms with Crippen molar-refractivity contribution in [2.75, 3.05) is 36.0 Å². The van der Waals surface area contributed by atoms with Crippen LogP contribution in [0.5, 0.6) is 0 Å². The molecule has 21 heavy (non-hydrogen) atoms. The van der Waals surface area contributed by atoms with E-state index in [2.05, 4.69) is 0 Å². The average molecular weight is 295 g/mol. The highest BCUT2D eigenvalue weighted by Gasteiger charge is 2.32. The van der Waals surface area contributed by atoms with Gasteiger partial charge in [-0.25, -0.2) is 14.0 Å². The van der Waals surface area contributed by atoms with E-state index in [4.69, 9.17) is 15.2 Å². The van der Waals surface area contributed by atoms with Crippen molar-refractivity contribution in [1.82, 2.24) is 0 Å². The molecule has 7 nitrogen and oxygen atoms in total. The van der Waals surface area contributed by atoms with E-state index in [1.165, 1.54) is 21.9 Å². The van der Waals surface area contributed by atoms with Crippen molar-refractivity contribution >= 4 is 23.6 Å². The van der Waals surface area contributed by atoms with Crippen molar-refractivity contribution in [3.05, 3.63) is 24.0 Å². The van der Waals surface area contributed by atoms with Gasteiger partial charge in [0, 0.05) is 6.54 Å². The number of nitrogens with zero attached hydrogens (tertiary/aromatic N) is 2. The van der Waals surface area contributed by atoms with Crippen LogP contribution in [0.4, 0.5) is 25.4 Å². The molecular weight excluding hydrogens is 281 g/mol. The van der Waals surface area contributed by atoms with Gasteiger partial charge < -0.3 is 15.2 Å². The minimum atomic E-state index is -0.602. The molecule has 112 valence electrons. The predicted molar refractivity (Wildman–Crippen MR) is 71.8 cm³/mol. The average Bonchev–Trinajstić information content (AvgIpc) is 3.05. The van der Waals surface area contributed by atoms with Gasteiger partial charge in [-0.15, -0.1) is 0 Å². The summed E-state index contributed by atoms with van der Waals surface area (Å²) in [6.45, 7) is 1.02. The molecule has 2 N–H and O–H groups in total. The molecule has 2 aliphatic rings. The molecule has 0 saturated carbocycles. The Morgan fingerprint density at radius 2 is 2.10 bits per heavy atom. The number of cyclic esters (lactones) is 2. The number of halogens is 1. The first-order valence-electron chi connectivity index (χ1n) is 6.52. The van der Waals surface area contributed by atoms with Crippen molar-refractivity contribution in [3.63, 3.8) is 0 Å². The zero-order valence-electron chi connectivity index (χ0n) is 11.1. The largest absolute Gasteiger partial charge is 0.447 e. The molecule has 0 radical (unpaired) electrons. The van der Waals surface area contributed by atoms with Crippen LogP contribution in [0.15, 0.2) is 18.2 Å². The molecule has 1 aromatic rings. The van der Waals surface area contributed by atoms with E-state index < -0.39 is 24.1 Å². The Bertz CT molecular complexity index is 595. The van der Waals surface area contributed by atoms with Crippen molar-refractivity contribution in [2.24, 2.45) is 5.73 Å². The smallest absolute Gasteiger partial charge is 0.414 e. The van der Waals surface area contributed by atoms with Crippen LogP contribution < -0.4 is 15.5 Å². The minimum absolute atomic E-state index is 0.129. The Morgan fingerprint density at radius 1 is 1.29 bits per heavy atom. The molecule has 0 spiro atoms. The summed E-state index contributed by atoms with van der Waals surface area (Å²) in [5.41, 5.74) is 5.95. The van der Waals surface area contributed by atoms with Gasteiger partial charge in [-0.05, 0) is 18.2 Å². The zero-order valence-corrected chi connectivity index (χ0v) is 11.1. The quantitative estimate of drug-likeness (QED) is 0.901. The fourth-order valence-electron chi connectivity index (χ4n) is 2.35. The van der Waals surface area contributed by atoms with Crippen LogP contribution in [-0.4, -0.2) is 44.5 Å². The van der Waals surface area contributed by atoms with Gasteiger partial charge in [0.2, 0.25) is 0 Å². The Hall–Kier alpha value is -2.35. The number of carbonyl (C=O) groups excluding carboxylic acids is 2. The second-order valence-corrected chi connectivity index (χ2v) is 4.75. The molecule has 0 aliphatic carbocycles. The van der Waals surface area contributed by atoms with Gasteiger partial charge in [-0.2, -0.15) is 0 Å². The van der Waals surface area contributed by atoms with Crippen molar-refractivity contribution < 1.29 is 23.5 Å². The highest BCUT2D eigenvalue weighted by Crippen LogP contribution is 2.29. The Morgan fingerprint density at radius 3 is 2.67 bits per heavy atom. The lowest BCUT2D eigenvalue weighted by Gasteiger charge is -2.17. The standard InChI is InChI=1S/C13H14FN3O4/c14-10-5-8(17-7-9(6-15)21-13(17)19)1-2-11(10)16-3-4-20-12(16)18/h1-2,5,9H,3-4,6-7,15H2. The monoisotopic (exact) mass is 295 g/mol. The first-order chi connectivity index (χ1) is 10.1. The van der Waals surface area contributed by atoms with E-state index in [1.54, 1.807) is 6.07 Å². The van der Waals surface area contributed by atoms with Gasteiger partial charge in [0.1, 0.15) is 18.5 Å². The Balaban J connectivity index is 1.84. The lowest BCUT2D eigenvalue weighted by atomic mass is 10.2. The second kappa shape index (κ2) is 5.21. The van der Waals surface area contributed by atoms with Gasteiger partial charge >= 0.3 is 12.2 Å². The third-order valence-corrected chi connectivity index (χ3v) is 3.43. The van der Waals surface area contributed by atoms with Crippen molar-refractivity contribution in [3.8, 4) is 0 Å². The lowest BCUT2D eigenvalue weighted by molar-refractivity contribution is 0.145. The molecule has 2 aliphatic heterocycles. The third-order valence-electron chi connectivity index (χ3n) is 3.43. The molecule has 2 fully saturated rings. The van der Waals surface area contributed by atoms with E-state index in [0.29, 0.717) is 12.2 Å². The van der Waals surface area contributed by atoms with Gasteiger partial charge in [-0.3, -0.25) is 9.80 Å². The van der Waals surface area contributed by atoms with Gasteiger partial charge in [-0.1, -0.05) is 0 Å². The molecule has 2 saturated heterocycles. The number of rotatable bonds is 3. The first-order valence-corrected chi connectivity index (χ1v) is 6.52. The van der Waals surface area contributed by atoms with Crippen LogP contribution in [0.1, 0.15) is 0 Å². The number of nitrogens with two attached hydrogens (primary N) is 1. The third kappa shape index (κ3) is 2.38. The summed E-state index contributed by atoms with van der Waals surface area (Å²) < 4.78 is 24.0. The predicted octanol–water partition coefficient (Wildman–Crippen LogP) is 1.07. The molecule has 1 unspecified atom stereocenters. The summed E-state index contributed by atoms with van der Waals surface area (Å²) in [5, 5.41) is 0. The number of benzene rings is 1. The summed E-state index contributed by atoms with van der Waals surface area (Å²) in [6.07, 6.45) is -1.53.